The first-order chi connectivity index (χ1) is 13.7. The second kappa shape index (κ2) is 18.6. The van der Waals surface area contributed by atoms with Crippen LogP contribution in [0.3, 0.4) is 0 Å². The number of benzene rings is 2. The molecule has 0 aliphatic heterocycles. The van der Waals surface area contributed by atoms with Gasteiger partial charge in [0.25, 0.3) is 0 Å². The van der Waals surface area contributed by atoms with Gasteiger partial charge < -0.3 is 16.7 Å². The van der Waals surface area contributed by atoms with E-state index in [1.54, 1.807) is 0 Å². The molecule has 0 amide bonds. The molecule has 0 bridgehead atoms. The van der Waals surface area contributed by atoms with E-state index in [0.717, 1.165) is 0 Å². The Kier molecular flexibility index (Phi) is 20.2. The van der Waals surface area contributed by atoms with Crippen molar-refractivity contribution < 1.29 is 80.2 Å². The third-order valence-electron chi connectivity index (χ3n) is 3.41. The number of carboxylic acid groups (broad SMARTS) is 2. The maximum atomic E-state index is 13.1. The van der Waals surface area contributed by atoms with E-state index >= 15 is 0 Å². The number of hydrogen-bond donors (Lipinski definition) is 5. The Bertz CT molecular complexity index is 843. The zero-order valence-electron chi connectivity index (χ0n) is 17.7. The van der Waals surface area contributed by atoms with Gasteiger partial charge >= 0.3 is 41.5 Å². The topological polar surface area (TPSA) is 145 Å². The molecule has 2 aromatic carbocycles. The number of halogens is 2. The predicted octanol–water partition coefficient (Wildman–Crippen LogP) is -0.00420. The molecule has 8 nitrogen and oxygen atoms in total. The minimum Gasteiger partial charge on any atom is -1.00 e. The summed E-state index contributed by atoms with van der Waals surface area (Å²) in [6.07, 6.45) is 1.73. The molecule has 0 aliphatic carbocycles. The smallest absolute Gasteiger partial charge is 1.00 e. The molecule has 163 valence electrons. The fraction of sp³-hybridized carbons (Fsp3) is 0.158. The van der Waals surface area contributed by atoms with Crippen LogP contribution < -0.4 is 29.6 Å². The molecule has 0 atom stereocenters. The number of carboxylic acids is 2. The molecular weight excluding hydrogens is 428 g/mol. The predicted molar refractivity (Wildman–Crippen MR) is 105 cm³/mol. The fourth-order valence-corrected chi connectivity index (χ4v) is 2.24. The van der Waals surface area contributed by atoms with E-state index in [-0.39, 0.29) is 81.1 Å². The van der Waals surface area contributed by atoms with Crippen LogP contribution in [0.4, 0.5) is 8.78 Å². The summed E-state index contributed by atoms with van der Waals surface area (Å²) < 4.78 is 26.1. The van der Waals surface area contributed by atoms with Gasteiger partial charge in [-0.2, -0.15) is 0 Å². The van der Waals surface area contributed by atoms with Crippen LogP contribution in [-0.2, 0) is 17.9 Å². The van der Waals surface area contributed by atoms with Crippen LogP contribution in [-0.4, -0.2) is 52.8 Å². The number of rotatable bonds is 6. The first kappa shape index (κ1) is 33.5. The molecule has 2 rings (SSSR count). The van der Waals surface area contributed by atoms with E-state index in [9.17, 15) is 18.4 Å². The van der Waals surface area contributed by atoms with Gasteiger partial charge in [-0.25, -0.2) is 28.9 Å². The minimum atomic E-state index is -1.18. The van der Waals surface area contributed by atoms with E-state index in [1.807, 2.05) is 0 Å². The van der Waals surface area contributed by atoms with Crippen LogP contribution in [0.1, 0.15) is 33.3 Å². The Balaban J connectivity index is -0.000000201. The summed E-state index contributed by atoms with van der Waals surface area (Å²) in [7, 11) is 0. The van der Waals surface area contributed by atoms with Crippen molar-refractivity contribution in [3.05, 3.63) is 82.9 Å². The maximum Gasteiger partial charge on any atom is 1.00 e. The number of hydrogen-bond acceptors (Lipinski definition) is 6. The van der Waals surface area contributed by atoms with Gasteiger partial charge in [-0.1, -0.05) is 23.2 Å². The molecule has 0 aromatic heterocycles. The van der Waals surface area contributed by atoms with Crippen molar-refractivity contribution in [2.75, 3.05) is 6.61 Å². The van der Waals surface area contributed by atoms with Crippen LogP contribution in [0.15, 0.2) is 49.1 Å². The first-order valence-corrected chi connectivity index (χ1v) is 7.93. The third-order valence-corrected chi connectivity index (χ3v) is 3.41. The molecule has 0 fully saturated rings. The van der Waals surface area contributed by atoms with Crippen LogP contribution in [0.2, 0.25) is 0 Å². The van der Waals surface area contributed by atoms with Crippen LogP contribution in [0.5, 0.6) is 0 Å². The molecule has 0 heterocycles. The summed E-state index contributed by atoms with van der Waals surface area (Å²) in [6, 6.07) is 7.83. The number of aliphatic hydroxyl groups excluding tert-OH is 1. The van der Waals surface area contributed by atoms with Crippen molar-refractivity contribution in [3.8, 4) is 0 Å². The average molecular weight is 449 g/mol. The Hall–Kier alpha value is -2.12. The monoisotopic (exact) mass is 449 g/mol. The van der Waals surface area contributed by atoms with Gasteiger partial charge in [0.2, 0.25) is 0 Å². The summed E-state index contributed by atoms with van der Waals surface area (Å²) in [6.45, 7) is 3.18. The Morgan fingerprint density at radius 1 is 0.968 bits per heavy atom. The molecule has 0 saturated carbocycles. The largest absolute Gasteiger partial charge is 1.00 e. The van der Waals surface area contributed by atoms with Gasteiger partial charge in [-0.05, 0) is 37.1 Å². The molecule has 0 saturated heterocycles. The first-order valence-electron chi connectivity index (χ1n) is 7.93. The quantitative estimate of drug-likeness (QED) is 0.179. The molecule has 0 spiro atoms. The van der Waals surface area contributed by atoms with Crippen molar-refractivity contribution in [1.82, 2.24) is 0 Å². The van der Waals surface area contributed by atoms with Crippen molar-refractivity contribution in [2.24, 2.45) is 0 Å². The Morgan fingerprint density at radius 2 is 1.35 bits per heavy atom. The Morgan fingerprint density at radius 3 is 1.71 bits per heavy atom. The van der Waals surface area contributed by atoms with E-state index in [4.69, 9.17) is 25.8 Å². The van der Waals surface area contributed by atoms with Crippen LogP contribution in [0.25, 0.3) is 0 Å². The molecule has 3 radical (unpaired) electrons. The van der Waals surface area contributed by atoms with Gasteiger partial charge in [0.15, 0.2) is 0 Å². The van der Waals surface area contributed by atoms with Crippen molar-refractivity contribution in [3.63, 3.8) is 0 Å². The van der Waals surface area contributed by atoms with E-state index in [1.165, 1.54) is 42.5 Å². The molecule has 31 heavy (non-hydrogen) atoms. The second-order valence-corrected chi connectivity index (χ2v) is 5.19. The van der Waals surface area contributed by atoms with E-state index < -0.39 is 23.6 Å². The fourth-order valence-electron chi connectivity index (χ4n) is 2.24. The van der Waals surface area contributed by atoms with E-state index in [2.05, 4.69) is 11.6 Å². The summed E-state index contributed by atoms with van der Waals surface area (Å²) in [4.78, 5) is 21.2. The number of aliphatic hydroxyl groups is 1. The zero-order valence-corrected chi connectivity index (χ0v) is 18.7. The minimum absolute atomic E-state index is 0. The van der Waals surface area contributed by atoms with Gasteiger partial charge in [0.1, 0.15) is 11.6 Å². The van der Waals surface area contributed by atoms with Crippen molar-refractivity contribution in [2.45, 2.75) is 12.8 Å². The van der Waals surface area contributed by atoms with Crippen molar-refractivity contribution >= 4 is 20.4 Å². The summed E-state index contributed by atoms with van der Waals surface area (Å²) >= 11 is 0. The molecule has 0 aliphatic rings. The molecule has 0 unspecified atom stereocenters. The standard InChI is InChI=1S/C10H9FO2.C9H9FO3.B.Na.H2O3.H/c1-2-4-7-8(10(12)13)5-3-6-9(7)11;10-8-3-1-2-7(9(12)13)6(8)4-5-11;;;1-3-2;/h2-3,5-6H,1,4H2,(H,12,13);1-3,11H,4-5H2,(H,12,13);;;1-2H;/q;;;+1;;-1. The van der Waals surface area contributed by atoms with Gasteiger partial charge in [0.05, 0.1) is 11.1 Å². The zero-order chi connectivity index (χ0) is 22.4. The number of carbonyl (C=O) groups is 2. The number of aromatic carboxylic acids is 2. The van der Waals surface area contributed by atoms with Crippen LogP contribution in [0, 0.1) is 11.6 Å². The molecule has 2 aromatic rings. The van der Waals surface area contributed by atoms with Crippen molar-refractivity contribution in [1.29, 1.82) is 0 Å². The van der Waals surface area contributed by atoms with Gasteiger partial charge in [-0.15, -0.1) is 6.58 Å². The molecule has 5 N–H and O–H groups in total. The summed E-state index contributed by atoms with van der Waals surface area (Å²) in [5, 5.41) is 41.5. The second-order valence-electron chi connectivity index (χ2n) is 5.19. The van der Waals surface area contributed by atoms with Gasteiger partial charge in [-0.3, -0.25) is 0 Å². The summed E-state index contributed by atoms with van der Waals surface area (Å²) in [5.74, 6) is -3.38. The maximum absolute atomic E-state index is 13.1. The average Bonchev–Trinajstić information content (AvgIpc) is 2.66. The normalized spacial score (nSPS) is 8.81. The Labute approximate surface area is 202 Å². The summed E-state index contributed by atoms with van der Waals surface area (Å²) in [5.41, 5.74) is 0.149. The third kappa shape index (κ3) is 11.7. The molecular formula is C19H21BF2NaO8. The SMILES string of the molecule is C=CCc1c(F)cccc1C(=O)O.O=C(O)c1cccc(F)c1CCO.OOO.[B].[H-].[Na+]. The van der Waals surface area contributed by atoms with E-state index in [0.29, 0.717) is 0 Å². The van der Waals surface area contributed by atoms with Gasteiger partial charge in [0, 0.05) is 26.1 Å². The molecule has 12 heteroatoms. The van der Waals surface area contributed by atoms with Crippen LogP contribution >= 0.6 is 0 Å². The number of allylic oxidation sites excluding steroid dienone is 1.